The molecule has 1 saturated carbocycles. The summed E-state index contributed by atoms with van der Waals surface area (Å²) in [6, 6.07) is 9.65. The smallest absolute Gasteiger partial charge is 0.218 e. The molecule has 0 aliphatic heterocycles. The number of hydrogen-bond acceptors (Lipinski definition) is 4. The van der Waals surface area contributed by atoms with Crippen LogP contribution in [0.3, 0.4) is 0 Å². The average molecular weight is 276 g/mol. The van der Waals surface area contributed by atoms with Gasteiger partial charge in [-0.15, -0.1) is 0 Å². The number of methoxy groups -OCH3 is 2. The van der Waals surface area contributed by atoms with Crippen LogP contribution < -0.4 is 0 Å². The molecule has 0 N–H and O–H groups in total. The topological polar surface area (TPSA) is 52.6 Å². The van der Waals surface area contributed by atoms with E-state index in [1.54, 1.807) is 0 Å². The summed E-state index contributed by atoms with van der Waals surface area (Å²) in [6.07, 6.45) is 1.31. The monoisotopic (exact) mass is 276 g/mol. The zero-order valence-corrected chi connectivity index (χ0v) is 11.9. The van der Waals surface area contributed by atoms with Crippen molar-refractivity contribution in [3.8, 4) is 0 Å². The molecule has 0 spiro atoms. The third-order valence-corrected chi connectivity index (χ3v) is 3.88. The van der Waals surface area contributed by atoms with Crippen LogP contribution in [-0.4, -0.2) is 32.1 Å². The second kappa shape index (κ2) is 6.77. The molecule has 1 aliphatic carbocycles. The molecule has 0 heterocycles. The highest BCUT2D eigenvalue weighted by Gasteiger charge is 2.39. The van der Waals surface area contributed by atoms with Gasteiger partial charge in [0.2, 0.25) is 6.29 Å². The zero-order valence-electron chi connectivity index (χ0n) is 11.9. The molecule has 2 rings (SSSR count). The summed E-state index contributed by atoms with van der Waals surface area (Å²) >= 11 is 0. The summed E-state index contributed by atoms with van der Waals surface area (Å²) in [5.41, 5.74) is 0.987. The van der Waals surface area contributed by atoms with Crippen LogP contribution in [-0.2, 0) is 19.1 Å². The van der Waals surface area contributed by atoms with E-state index in [-0.39, 0.29) is 17.5 Å². The number of carbonyl (C=O) groups is 2. The maximum absolute atomic E-state index is 12.6. The van der Waals surface area contributed by atoms with Crippen LogP contribution in [0.4, 0.5) is 0 Å². The van der Waals surface area contributed by atoms with Crippen molar-refractivity contribution in [1.29, 1.82) is 0 Å². The van der Waals surface area contributed by atoms with E-state index in [9.17, 15) is 9.59 Å². The minimum atomic E-state index is -0.946. The van der Waals surface area contributed by atoms with E-state index in [2.05, 4.69) is 0 Å². The highest BCUT2D eigenvalue weighted by molar-refractivity contribution is 6.06. The fourth-order valence-electron chi connectivity index (χ4n) is 2.85. The average Bonchev–Trinajstić information content (AvgIpc) is 2.49. The summed E-state index contributed by atoms with van der Waals surface area (Å²) in [5.74, 6) is -1.07. The molecule has 1 aromatic carbocycles. The first-order valence-electron chi connectivity index (χ1n) is 6.87. The van der Waals surface area contributed by atoms with Gasteiger partial charge in [-0.3, -0.25) is 9.59 Å². The number of Topliss-reactive ketones (excluding diaryl/α,β-unsaturated/α-hetero) is 2. The number of benzene rings is 1. The van der Waals surface area contributed by atoms with Gasteiger partial charge in [-0.25, -0.2) is 0 Å². The zero-order chi connectivity index (χ0) is 14.5. The molecule has 108 valence electrons. The maximum Gasteiger partial charge on any atom is 0.218 e. The molecule has 2 unspecified atom stereocenters. The molecule has 0 amide bonds. The lowest BCUT2D eigenvalue weighted by Crippen LogP contribution is -2.39. The van der Waals surface area contributed by atoms with Gasteiger partial charge in [0.15, 0.2) is 11.6 Å². The Morgan fingerprint density at radius 1 is 1.15 bits per heavy atom. The van der Waals surface area contributed by atoms with Gasteiger partial charge in [0.05, 0.1) is 5.92 Å². The van der Waals surface area contributed by atoms with Gasteiger partial charge >= 0.3 is 0 Å². The summed E-state index contributed by atoms with van der Waals surface area (Å²) in [7, 11) is 2.82. The van der Waals surface area contributed by atoms with E-state index in [1.165, 1.54) is 14.2 Å². The van der Waals surface area contributed by atoms with Gasteiger partial charge in [0.1, 0.15) is 0 Å². The molecule has 1 aliphatic rings. The number of hydrogen-bond donors (Lipinski definition) is 0. The molecule has 20 heavy (non-hydrogen) atoms. The first-order valence-corrected chi connectivity index (χ1v) is 6.87. The van der Waals surface area contributed by atoms with Crippen LogP contribution in [0.2, 0.25) is 0 Å². The molecule has 0 radical (unpaired) electrons. The number of carbonyl (C=O) groups excluding carboxylic acids is 2. The van der Waals surface area contributed by atoms with Crippen LogP contribution in [0.1, 0.15) is 30.7 Å². The van der Waals surface area contributed by atoms with Crippen LogP contribution >= 0.6 is 0 Å². The Hall–Kier alpha value is -1.52. The largest absolute Gasteiger partial charge is 0.349 e. The quantitative estimate of drug-likeness (QED) is 0.612. The van der Waals surface area contributed by atoms with Gasteiger partial charge in [-0.1, -0.05) is 36.8 Å². The van der Waals surface area contributed by atoms with Gasteiger partial charge in [-0.05, 0) is 18.4 Å². The molecule has 0 aromatic heterocycles. The summed E-state index contributed by atoms with van der Waals surface area (Å²) in [6.45, 7) is 0. The highest BCUT2D eigenvalue weighted by Crippen LogP contribution is 2.34. The summed E-state index contributed by atoms with van der Waals surface area (Å²) < 4.78 is 9.96. The molecule has 1 fully saturated rings. The van der Waals surface area contributed by atoms with Crippen molar-refractivity contribution in [2.75, 3.05) is 14.2 Å². The number of ether oxygens (including phenoxy) is 2. The fraction of sp³-hybridized carbons (Fsp3) is 0.500. The third-order valence-electron chi connectivity index (χ3n) is 3.88. The van der Waals surface area contributed by atoms with Crippen molar-refractivity contribution in [2.24, 2.45) is 5.92 Å². The Balaban J connectivity index is 2.17. The summed E-state index contributed by atoms with van der Waals surface area (Å²) in [4.78, 5) is 24.8. The lowest BCUT2D eigenvalue weighted by molar-refractivity contribution is -0.164. The number of rotatable bonds is 5. The van der Waals surface area contributed by atoms with Gasteiger partial charge < -0.3 is 9.47 Å². The van der Waals surface area contributed by atoms with Gasteiger partial charge in [-0.2, -0.15) is 0 Å². The Bertz CT molecular complexity index is 465. The minimum absolute atomic E-state index is 0.00782. The fourth-order valence-corrected chi connectivity index (χ4v) is 2.85. The van der Waals surface area contributed by atoms with Crippen LogP contribution in [0.5, 0.6) is 0 Å². The van der Waals surface area contributed by atoms with Crippen molar-refractivity contribution in [3.63, 3.8) is 0 Å². The lowest BCUT2D eigenvalue weighted by Gasteiger charge is -2.28. The standard InChI is InChI=1S/C16H20O4/c1-19-16(20-2)15(18)13-10-6-9-12(14(13)17)11-7-4-3-5-8-11/h3-5,7-8,12-13,16H,6,9-10H2,1-2H3. The van der Waals surface area contributed by atoms with Crippen molar-refractivity contribution >= 4 is 11.6 Å². The molecule has 2 atom stereocenters. The molecular formula is C16H20O4. The van der Waals surface area contributed by atoms with Gasteiger partial charge in [0.25, 0.3) is 0 Å². The predicted molar refractivity (Wildman–Crippen MR) is 74.3 cm³/mol. The lowest BCUT2D eigenvalue weighted by atomic mass is 9.75. The molecule has 4 nitrogen and oxygen atoms in total. The summed E-state index contributed by atoms with van der Waals surface area (Å²) in [5, 5.41) is 0. The second-order valence-electron chi connectivity index (χ2n) is 5.05. The normalized spacial score (nSPS) is 23.1. The second-order valence-corrected chi connectivity index (χ2v) is 5.05. The maximum atomic E-state index is 12.6. The Morgan fingerprint density at radius 2 is 1.80 bits per heavy atom. The van der Waals surface area contributed by atoms with Crippen molar-refractivity contribution in [3.05, 3.63) is 35.9 Å². The highest BCUT2D eigenvalue weighted by atomic mass is 16.7. The van der Waals surface area contributed by atoms with Crippen molar-refractivity contribution in [1.82, 2.24) is 0 Å². The molecule has 4 heteroatoms. The van der Waals surface area contributed by atoms with E-state index >= 15 is 0 Å². The van der Waals surface area contributed by atoms with E-state index in [0.717, 1.165) is 18.4 Å². The SMILES string of the molecule is COC(OC)C(=O)C1CCCC(c2ccccc2)C1=O. The Morgan fingerprint density at radius 3 is 2.40 bits per heavy atom. The van der Waals surface area contributed by atoms with Gasteiger partial charge in [0, 0.05) is 20.1 Å². The molecule has 0 bridgehead atoms. The van der Waals surface area contributed by atoms with Crippen LogP contribution in [0.15, 0.2) is 30.3 Å². The van der Waals surface area contributed by atoms with E-state index in [1.807, 2.05) is 30.3 Å². The Labute approximate surface area is 119 Å². The van der Waals surface area contributed by atoms with Crippen LogP contribution in [0.25, 0.3) is 0 Å². The van der Waals surface area contributed by atoms with Crippen molar-refractivity contribution < 1.29 is 19.1 Å². The molecule has 0 saturated heterocycles. The minimum Gasteiger partial charge on any atom is -0.349 e. The first-order chi connectivity index (χ1) is 9.69. The number of ketones is 2. The predicted octanol–water partition coefficient (Wildman–Crippen LogP) is 2.33. The Kier molecular flexibility index (Phi) is 5.04. The van der Waals surface area contributed by atoms with Crippen LogP contribution in [0, 0.1) is 5.92 Å². The van der Waals surface area contributed by atoms with Crippen molar-refractivity contribution in [2.45, 2.75) is 31.5 Å². The molecular weight excluding hydrogens is 256 g/mol. The third kappa shape index (κ3) is 2.97. The van der Waals surface area contributed by atoms with E-state index in [4.69, 9.17) is 9.47 Å². The van der Waals surface area contributed by atoms with E-state index < -0.39 is 12.2 Å². The molecule has 1 aromatic rings. The first kappa shape index (κ1) is 14.9. The van der Waals surface area contributed by atoms with E-state index in [0.29, 0.717) is 6.42 Å².